The standard InChI is InChI=1S/C26H27ClO7S/c1-2-33-26(32)15-5-3-14(4-6-15)21-10-8-18(35-21)12-17-11-16(7-9-19(17)27)25-24(31)23(30)22(29)20(13-28)34-25/h3-11,20,22-25,28-31H,2,12-13H2,1H3/t20-,22-,23+,24-,25+/m1/s1. The van der Waals surface area contributed by atoms with E-state index in [0.717, 1.165) is 20.9 Å². The number of aliphatic hydroxyl groups excluding tert-OH is 4. The highest BCUT2D eigenvalue weighted by Gasteiger charge is 2.44. The van der Waals surface area contributed by atoms with Crippen molar-refractivity contribution in [2.45, 2.75) is 43.9 Å². The highest BCUT2D eigenvalue weighted by Crippen LogP contribution is 2.36. The number of benzene rings is 2. The molecule has 1 fully saturated rings. The van der Waals surface area contributed by atoms with Crippen molar-refractivity contribution in [3.8, 4) is 10.4 Å². The van der Waals surface area contributed by atoms with E-state index in [9.17, 15) is 25.2 Å². The Balaban J connectivity index is 1.52. The first-order chi connectivity index (χ1) is 16.8. The SMILES string of the molecule is CCOC(=O)c1ccc(-c2ccc(Cc3cc([C@@H]4O[C@H](CO)[C@@H](O)[C@H](O)[C@H]4O)ccc3Cl)s2)cc1. The normalized spacial score (nSPS) is 24.3. The van der Waals surface area contributed by atoms with Gasteiger partial charge >= 0.3 is 5.97 Å². The zero-order valence-electron chi connectivity index (χ0n) is 19.0. The Morgan fingerprint density at radius 1 is 1.03 bits per heavy atom. The second-order valence-electron chi connectivity index (χ2n) is 8.34. The van der Waals surface area contributed by atoms with E-state index in [2.05, 4.69) is 0 Å². The molecule has 1 aliphatic rings. The van der Waals surface area contributed by atoms with Crippen molar-refractivity contribution in [2.24, 2.45) is 0 Å². The second kappa shape index (κ2) is 11.2. The van der Waals surface area contributed by atoms with Crippen LogP contribution < -0.4 is 0 Å². The molecule has 0 aliphatic carbocycles. The lowest BCUT2D eigenvalue weighted by molar-refractivity contribution is -0.231. The first-order valence-corrected chi connectivity index (χ1v) is 12.5. The summed E-state index contributed by atoms with van der Waals surface area (Å²) in [5, 5.41) is 40.6. The molecule has 0 unspecified atom stereocenters. The van der Waals surface area contributed by atoms with E-state index in [1.165, 1.54) is 0 Å². The minimum Gasteiger partial charge on any atom is -0.462 e. The topological polar surface area (TPSA) is 116 Å². The molecular formula is C26H27ClO7S. The summed E-state index contributed by atoms with van der Waals surface area (Å²) in [6.45, 7) is 1.61. The number of hydrogen-bond acceptors (Lipinski definition) is 8. The lowest BCUT2D eigenvalue weighted by atomic mass is 9.90. The molecule has 0 spiro atoms. The van der Waals surface area contributed by atoms with Crippen molar-refractivity contribution >= 4 is 28.9 Å². The molecular weight excluding hydrogens is 492 g/mol. The van der Waals surface area contributed by atoms with Crippen molar-refractivity contribution in [1.82, 2.24) is 0 Å². The zero-order chi connectivity index (χ0) is 25.1. The van der Waals surface area contributed by atoms with Gasteiger partial charge in [0, 0.05) is 21.2 Å². The molecule has 0 saturated carbocycles. The third kappa shape index (κ3) is 5.59. The van der Waals surface area contributed by atoms with Gasteiger partial charge in [-0.15, -0.1) is 11.3 Å². The van der Waals surface area contributed by atoms with Crippen LogP contribution in [0.2, 0.25) is 5.02 Å². The van der Waals surface area contributed by atoms with Crippen LogP contribution in [-0.4, -0.2) is 64.0 Å². The quantitative estimate of drug-likeness (QED) is 0.354. The van der Waals surface area contributed by atoms with Gasteiger partial charge in [0.15, 0.2) is 0 Å². The highest BCUT2D eigenvalue weighted by molar-refractivity contribution is 7.15. The summed E-state index contributed by atoms with van der Waals surface area (Å²) in [5.41, 5.74) is 2.89. The molecule has 9 heteroatoms. The van der Waals surface area contributed by atoms with Crippen molar-refractivity contribution < 1.29 is 34.7 Å². The van der Waals surface area contributed by atoms with Crippen LogP contribution in [0.1, 0.15) is 39.4 Å². The smallest absolute Gasteiger partial charge is 0.338 e. The van der Waals surface area contributed by atoms with E-state index < -0.39 is 37.1 Å². The number of esters is 1. The van der Waals surface area contributed by atoms with E-state index >= 15 is 0 Å². The van der Waals surface area contributed by atoms with Gasteiger partial charge in [0.2, 0.25) is 0 Å². The zero-order valence-corrected chi connectivity index (χ0v) is 20.6. The minimum absolute atomic E-state index is 0.328. The van der Waals surface area contributed by atoms with Gasteiger partial charge in [-0.1, -0.05) is 35.9 Å². The van der Waals surface area contributed by atoms with Crippen LogP contribution in [0.3, 0.4) is 0 Å². The Kier molecular flexibility index (Phi) is 8.23. The van der Waals surface area contributed by atoms with E-state index in [4.69, 9.17) is 21.1 Å². The lowest BCUT2D eigenvalue weighted by Crippen LogP contribution is -2.55. The Hall–Kier alpha value is -2.30. The predicted octanol–water partition coefficient (Wildman–Crippen LogP) is 3.35. The summed E-state index contributed by atoms with van der Waals surface area (Å²) in [7, 11) is 0. The predicted molar refractivity (Wildman–Crippen MR) is 133 cm³/mol. The number of ether oxygens (including phenoxy) is 2. The van der Waals surface area contributed by atoms with Crippen LogP contribution in [0.25, 0.3) is 10.4 Å². The number of halogens is 1. The molecule has 3 aromatic rings. The molecule has 0 amide bonds. The largest absolute Gasteiger partial charge is 0.462 e. The van der Waals surface area contributed by atoms with Gasteiger partial charge in [0.25, 0.3) is 0 Å². The fourth-order valence-electron chi connectivity index (χ4n) is 4.09. The van der Waals surface area contributed by atoms with Gasteiger partial charge in [-0.05, 0) is 53.9 Å². The Morgan fingerprint density at radius 2 is 1.77 bits per heavy atom. The molecule has 1 aliphatic heterocycles. The highest BCUT2D eigenvalue weighted by atomic mass is 35.5. The van der Waals surface area contributed by atoms with E-state index in [1.807, 2.05) is 30.3 Å². The van der Waals surface area contributed by atoms with Gasteiger partial charge in [-0.25, -0.2) is 4.79 Å². The fraction of sp³-hybridized carbons (Fsp3) is 0.346. The molecule has 1 aromatic heterocycles. The molecule has 7 nitrogen and oxygen atoms in total. The van der Waals surface area contributed by atoms with Gasteiger partial charge < -0.3 is 29.9 Å². The summed E-state index contributed by atoms with van der Waals surface area (Å²) in [6.07, 6.45) is -5.57. The Morgan fingerprint density at radius 3 is 2.46 bits per heavy atom. The molecule has 2 aromatic carbocycles. The van der Waals surface area contributed by atoms with Crippen LogP contribution in [0.4, 0.5) is 0 Å². The summed E-state index contributed by atoms with van der Waals surface area (Å²) in [6, 6.07) is 16.5. The van der Waals surface area contributed by atoms with E-state index in [0.29, 0.717) is 29.2 Å². The molecule has 1 saturated heterocycles. The monoisotopic (exact) mass is 518 g/mol. The first kappa shape index (κ1) is 25.8. The van der Waals surface area contributed by atoms with E-state index in [1.54, 1.807) is 42.5 Å². The van der Waals surface area contributed by atoms with Crippen LogP contribution in [-0.2, 0) is 15.9 Å². The summed E-state index contributed by atoms with van der Waals surface area (Å²) < 4.78 is 10.7. The third-order valence-corrected chi connectivity index (χ3v) is 7.50. The third-order valence-electron chi connectivity index (χ3n) is 6.00. The first-order valence-electron chi connectivity index (χ1n) is 11.3. The maximum absolute atomic E-state index is 11.9. The average molecular weight is 519 g/mol. The van der Waals surface area contributed by atoms with Crippen LogP contribution >= 0.6 is 22.9 Å². The van der Waals surface area contributed by atoms with Crippen LogP contribution in [0.5, 0.6) is 0 Å². The Bertz CT molecular complexity index is 1160. The molecule has 4 rings (SSSR count). The molecule has 5 atom stereocenters. The minimum atomic E-state index is -1.44. The van der Waals surface area contributed by atoms with Crippen LogP contribution in [0.15, 0.2) is 54.6 Å². The molecule has 35 heavy (non-hydrogen) atoms. The maximum Gasteiger partial charge on any atom is 0.338 e. The van der Waals surface area contributed by atoms with Crippen molar-refractivity contribution in [2.75, 3.05) is 13.2 Å². The fourth-order valence-corrected chi connectivity index (χ4v) is 5.31. The Labute approximate surface area is 212 Å². The maximum atomic E-state index is 11.9. The number of carbonyl (C=O) groups is 1. The molecule has 0 bridgehead atoms. The molecule has 4 N–H and O–H groups in total. The number of hydrogen-bond donors (Lipinski definition) is 4. The lowest BCUT2D eigenvalue weighted by Gasteiger charge is -2.40. The second-order valence-corrected chi connectivity index (χ2v) is 9.92. The summed E-state index contributed by atoms with van der Waals surface area (Å²) >= 11 is 8.05. The van der Waals surface area contributed by atoms with Crippen molar-refractivity contribution in [3.63, 3.8) is 0 Å². The average Bonchev–Trinajstić information content (AvgIpc) is 3.33. The molecule has 0 radical (unpaired) electrons. The number of aliphatic hydroxyl groups is 4. The van der Waals surface area contributed by atoms with Gasteiger partial charge in [-0.2, -0.15) is 0 Å². The number of thiophene rings is 1. The molecule has 186 valence electrons. The van der Waals surface area contributed by atoms with Gasteiger partial charge in [0.1, 0.15) is 30.5 Å². The number of rotatable bonds is 7. The van der Waals surface area contributed by atoms with Crippen molar-refractivity contribution in [1.29, 1.82) is 0 Å². The molecule has 2 heterocycles. The summed E-state index contributed by atoms with van der Waals surface area (Å²) in [4.78, 5) is 14.0. The number of carbonyl (C=O) groups excluding carboxylic acids is 1. The van der Waals surface area contributed by atoms with Gasteiger partial charge in [-0.3, -0.25) is 0 Å². The van der Waals surface area contributed by atoms with E-state index in [-0.39, 0.29) is 5.97 Å². The van der Waals surface area contributed by atoms with Crippen LogP contribution in [0, 0.1) is 0 Å². The summed E-state index contributed by atoms with van der Waals surface area (Å²) in [5.74, 6) is -0.347. The van der Waals surface area contributed by atoms with Gasteiger partial charge in [0.05, 0.1) is 18.8 Å². The van der Waals surface area contributed by atoms with Crippen molar-refractivity contribution in [3.05, 3.63) is 81.2 Å².